The highest BCUT2D eigenvalue weighted by Gasteiger charge is 2.16. The van der Waals surface area contributed by atoms with Crippen LogP contribution in [0.4, 0.5) is 5.95 Å². The quantitative estimate of drug-likeness (QED) is 0.930. The maximum atomic E-state index is 5.22. The Balaban J connectivity index is 2.12. The topological polar surface area (TPSA) is 47.0 Å². The first kappa shape index (κ1) is 12.6. The lowest BCUT2D eigenvalue weighted by molar-refractivity contribution is 0.393. The van der Waals surface area contributed by atoms with E-state index in [0.717, 1.165) is 10.2 Å². The normalized spacial score (nSPS) is 16.9. The Morgan fingerprint density at radius 2 is 1.94 bits per heavy atom. The number of rotatable bonds is 3. The van der Waals surface area contributed by atoms with Gasteiger partial charge in [-0.3, -0.25) is 0 Å². The summed E-state index contributed by atoms with van der Waals surface area (Å²) in [4.78, 5) is 8.78. The lowest BCUT2D eigenvalue weighted by atomic mass is 9.96. The van der Waals surface area contributed by atoms with Gasteiger partial charge in [-0.05, 0) is 35.7 Å². The molecular weight excluding hydrogens is 282 g/mol. The molecule has 1 aliphatic rings. The number of aromatic nitrogens is 2. The van der Waals surface area contributed by atoms with E-state index in [2.05, 4.69) is 31.2 Å². The number of nitrogens with one attached hydrogen (secondary N) is 1. The standard InChI is InChI=1S/C12H18BrN3O/c1-8-10(13)11(17-2)16-12(14-8)15-9-6-4-3-5-7-9/h9H,3-7H2,1-2H3,(H,14,15,16). The van der Waals surface area contributed by atoms with Gasteiger partial charge in [-0.2, -0.15) is 4.98 Å². The van der Waals surface area contributed by atoms with E-state index in [0.29, 0.717) is 17.9 Å². The highest BCUT2D eigenvalue weighted by molar-refractivity contribution is 9.10. The molecule has 1 fully saturated rings. The van der Waals surface area contributed by atoms with E-state index in [1.165, 1.54) is 32.1 Å². The summed E-state index contributed by atoms with van der Waals surface area (Å²) in [5, 5.41) is 3.40. The Labute approximate surface area is 110 Å². The van der Waals surface area contributed by atoms with Gasteiger partial charge in [0, 0.05) is 6.04 Å². The van der Waals surface area contributed by atoms with Gasteiger partial charge in [0.2, 0.25) is 11.8 Å². The molecule has 5 heteroatoms. The van der Waals surface area contributed by atoms with Gasteiger partial charge in [-0.15, -0.1) is 0 Å². The number of aryl methyl sites for hydroxylation is 1. The number of anilines is 1. The van der Waals surface area contributed by atoms with Gasteiger partial charge in [0.1, 0.15) is 4.47 Å². The molecule has 0 amide bonds. The van der Waals surface area contributed by atoms with Crippen LogP contribution in [0.1, 0.15) is 37.8 Å². The van der Waals surface area contributed by atoms with E-state index < -0.39 is 0 Å². The van der Waals surface area contributed by atoms with Crippen LogP contribution in [0, 0.1) is 6.92 Å². The molecule has 1 saturated carbocycles. The summed E-state index contributed by atoms with van der Waals surface area (Å²) in [6, 6.07) is 0.508. The molecule has 1 aliphatic carbocycles. The molecule has 1 N–H and O–H groups in total. The summed E-state index contributed by atoms with van der Waals surface area (Å²) in [7, 11) is 1.62. The fourth-order valence-corrected chi connectivity index (χ4v) is 2.50. The van der Waals surface area contributed by atoms with E-state index >= 15 is 0 Å². The summed E-state index contributed by atoms with van der Waals surface area (Å²) in [5.41, 5.74) is 0.898. The van der Waals surface area contributed by atoms with Gasteiger partial charge < -0.3 is 10.1 Å². The van der Waals surface area contributed by atoms with Crippen molar-refractivity contribution in [1.29, 1.82) is 0 Å². The zero-order chi connectivity index (χ0) is 12.3. The van der Waals surface area contributed by atoms with Crippen LogP contribution < -0.4 is 10.1 Å². The SMILES string of the molecule is COc1nc(NC2CCCCC2)nc(C)c1Br. The number of hydrogen-bond donors (Lipinski definition) is 1. The molecule has 1 heterocycles. The van der Waals surface area contributed by atoms with E-state index in [9.17, 15) is 0 Å². The molecule has 1 aromatic rings. The molecule has 17 heavy (non-hydrogen) atoms. The Morgan fingerprint density at radius 1 is 1.24 bits per heavy atom. The van der Waals surface area contributed by atoms with Crippen molar-refractivity contribution in [3.05, 3.63) is 10.2 Å². The number of hydrogen-bond acceptors (Lipinski definition) is 4. The first-order chi connectivity index (χ1) is 8.20. The van der Waals surface area contributed by atoms with Crippen LogP contribution in [0.3, 0.4) is 0 Å². The average molecular weight is 300 g/mol. The number of methoxy groups -OCH3 is 1. The zero-order valence-corrected chi connectivity index (χ0v) is 11.9. The molecule has 1 aromatic heterocycles. The molecule has 4 nitrogen and oxygen atoms in total. The highest BCUT2D eigenvalue weighted by atomic mass is 79.9. The van der Waals surface area contributed by atoms with Crippen molar-refractivity contribution in [1.82, 2.24) is 9.97 Å². The Morgan fingerprint density at radius 3 is 2.59 bits per heavy atom. The molecule has 0 saturated heterocycles. The second-order valence-electron chi connectivity index (χ2n) is 4.44. The minimum atomic E-state index is 0.508. The molecule has 0 bridgehead atoms. The zero-order valence-electron chi connectivity index (χ0n) is 10.3. The molecule has 0 aliphatic heterocycles. The Hall–Kier alpha value is -0.840. The third kappa shape index (κ3) is 3.09. The van der Waals surface area contributed by atoms with E-state index in [1.54, 1.807) is 7.11 Å². The third-order valence-electron chi connectivity index (χ3n) is 3.12. The lowest BCUT2D eigenvalue weighted by Crippen LogP contribution is -2.23. The minimum Gasteiger partial charge on any atom is -0.480 e. The molecule has 0 unspecified atom stereocenters. The van der Waals surface area contributed by atoms with Crippen LogP contribution in [0.25, 0.3) is 0 Å². The fourth-order valence-electron chi connectivity index (χ4n) is 2.16. The van der Waals surface area contributed by atoms with E-state index in [1.807, 2.05) is 6.92 Å². The second-order valence-corrected chi connectivity index (χ2v) is 5.23. The van der Waals surface area contributed by atoms with Gasteiger partial charge in [-0.25, -0.2) is 4.98 Å². The second kappa shape index (κ2) is 5.67. The maximum Gasteiger partial charge on any atom is 0.232 e. The Kier molecular flexibility index (Phi) is 4.20. The van der Waals surface area contributed by atoms with Crippen molar-refractivity contribution in [3.63, 3.8) is 0 Å². The van der Waals surface area contributed by atoms with Gasteiger partial charge >= 0.3 is 0 Å². The highest BCUT2D eigenvalue weighted by Crippen LogP contribution is 2.27. The monoisotopic (exact) mass is 299 g/mol. The molecular formula is C12H18BrN3O. The summed E-state index contributed by atoms with van der Waals surface area (Å²) in [5.74, 6) is 1.27. The van der Waals surface area contributed by atoms with Crippen molar-refractivity contribution in [2.45, 2.75) is 45.1 Å². The van der Waals surface area contributed by atoms with Crippen LogP contribution in [-0.4, -0.2) is 23.1 Å². The van der Waals surface area contributed by atoms with Crippen molar-refractivity contribution >= 4 is 21.9 Å². The average Bonchev–Trinajstić information content (AvgIpc) is 2.35. The lowest BCUT2D eigenvalue weighted by Gasteiger charge is -2.23. The summed E-state index contributed by atoms with van der Waals surface area (Å²) in [6.07, 6.45) is 6.36. The fraction of sp³-hybridized carbons (Fsp3) is 0.667. The predicted molar refractivity (Wildman–Crippen MR) is 71.5 cm³/mol. The van der Waals surface area contributed by atoms with Crippen molar-refractivity contribution in [2.75, 3.05) is 12.4 Å². The summed E-state index contributed by atoms with van der Waals surface area (Å²) in [6.45, 7) is 1.94. The molecule has 0 spiro atoms. The number of nitrogens with zero attached hydrogens (tertiary/aromatic N) is 2. The van der Waals surface area contributed by atoms with Crippen LogP contribution >= 0.6 is 15.9 Å². The van der Waals surface area contributed by atoms with Crippen LogP contribution in [0.15, 0.2) is 4.47 Å². The van der Waals surface area contributed by atoms with E-state index in [4.69, 9.17) is 4.74 Å². The summed E-state index contributed by atoms with van der Waals surface area (Å²) >= 11 is 3.42. The molecule has 94 valence electrons. The van der Waals surface area contributed by atoms with Crippen molar-refractivity contribution in [3.8, 4) is 5.88 Å². The van der Waals surface area contributed by atoms with Gasteiger partial charge in [0.25, 0.3) is 0 Å². The largest absolute Gasteiger partial charge is 0.480 e. The predicted octanol–water partition coefficient (Wildman–Crippen LogP) is 3.30. The molecule has 0 atom stereocenters. The van der Waals surface area contributed by atoms with Gasteiger partial charge in [0.05, 0.1) is 12.8 Å². The number of ether oxygens (including phenoxy) is 1. The molecule has 0 aromatic carbocycles. The van der Waals surface area contributed by atoms with Crippen LogP contribution in [-0.2, 0) is 0 Å². The van der Waals surface area contributed by atoms with Gasteiger partial charge in [0.15, 0.2) is 0 Å². The summed E-state index contributed by atoms with van der Waals surface area (Å²) < 4.78 is 6.05. The maximum absolute atomic E-state index is 5.22. The third-order valence-corrected chi connectivity index (χ3v) is 4.03. The first-order valence-corrected chi connectivity index (χ1v) is 6.84. The van der Waals surface area contributed by atoms with Crippen molar-refractivity contribution in [2.24, 2.45) is 0 Å². The minimum absolute atomic E-state index is 0.508. The molecule has 0 radical (unpaired) electrons. The van der Waals surface area contributed by atoms with Gasteiger partial charge in [-0.1, -0.05) is 19.3 Å². The van der Waals surface area contributed by atoms with Crippen LogP contribution in [0.5, 0.6) is 5.88 Å². The van der Waals surface area contributed by atoms with Crippen molar-refractivity contribution < 1.29 is 4.74 Å². The van der Waals surface area contributed by atoms with E-state index in [-0.39, 0.29) is 0 Å². The number of halogens is 1. The first-order valence-electron chi connectivity index (χ1n) is 6.05. The molecule has 2 rings (SSSR count). The smallest absolute Gasteiger partial charge is 0.232 e. The Bertz CT molecular complexity index is 392. The van der Waals surface area contributed by atoms with Crippen LogP contribution in [0.2, 0.25) is 0 Å².